The quantitative estimate of drug-likeness (QED) is 0.511. The highest BCUT2D eigenvalue weighted by Gasteiger charge is 2.42. The summed E-state index contributed by atoms with van der Waals surface area (Å²) < 4.78 is 0. The van der Waals surface area contributed by atoms with Crippen LogP contribution in [-0.4, -0.2) is 27.5 Å². The summed E-state index contributed by atoms with van der Waals surface area (Å²) in [6.07, 6.45) is 1.40. The normalized spacial score (nSPS) is 17.6. The van der Waals surface area contributed by atoms with Crippen LogP contribution in [0.25, 0.3) is 0 Å². The summed E-state index contributed by atoms with van der Waals surface area (Å²) in [5.41, 5.74) is 2.00. The number of pyridine rings is 1. The summed E-state index contributed by atoms with van der Waals surface area (Å²) in [5, 5.41) is 13.1. The molecule has 1 atom stereocenters. The number of hydrogen-bond acceptors (Lipinski definition) is 5. The fourth-order valence-electron chi connectivity index (χ4n) is 4.19. The van der Waals surface area contributed by atoms with Crippen molar-refractivity contribution in [3.63, 3.8) is 0 Å². The van der Waals surface area contributed by atoms with Crippen molar-refractivity contribution in [2.75, 3.05) is 11.1 Å². The van der Waals surface area contributed by atoms with Gasteiger partial charge in [-0.2, -0.15) is 0 Å². The Morgan fingerprint density at radius 2 is 1.88 bits per heavy atom. The second-order valence-electron chi connectivity index (χ2n) is 8.17. The summed E-state index contributed by atoms with van der Waals surface area (Å²) in [6.45, 7) is 3.98. The van der Waals surface area contributed by atoms with Gasteiger partial charge in [0.2, 0.25) is 5.91 Å². The lowest BCUT2D eigenvalue weighted by atomic mass is 9.68. The van der Waals surface area contributed by atoms with Crippen molar-refractivity contribution in [1.29, 1.82) is 0 Å². The maximum atomic E-state index is 13.3. The number of rotatable bonds is 6. The number of thioether (sulfide) groups is 1. The molecule has 0 bridgehead atoms. The van der Waals surface area contributed by atoms with Crippen LogP contribution in [-0.2, 0) is 23.1 Å². The van der Waals surface area contributed by atoms with Crippen molar-refractivity contribution in [3.8, 4) is 5.75 Å². The van der Waals surface area contributed by atoms with Gasteiger partial charge in [-0.05, 0) is 61.4 Å². The third-order valence-electron chi connectivity index (χ3n) is 5.95. The molecule has 1 unspecified atom stereocenters. The molecule has 1 aliphatic carbocycles. The standard InChI is InChI=1S/C26H26N2O3S/c1-3-32-18-10-8-17(9-11-18)16-24(30)28-23-13-12-19-21(27-23)14-15-26(2,25(19)31)20-6-4-5-7-22(20)29/h4-13,29H,3,14-16H2,1-2H3,(H,27,28,30). The number of phenols is 1. The van der Waals surface area contributed by atoms with Gasteiger partial charge in [-0.15, -0.1) is 11.8 Å². The van der Waals surface area contributed by atoms with Crippen LogP contribution in [0.4, 0.5) is 5.82 Å². The van der Waals surface area contributed by atoms with Crippen LogP contribution < -0.4 is 5.32 Å². The van der Waals surface area contributed by atoms with Crippen molar-refractivity contribution >= 4 is 29.3 Å². The number of anilines is 1. The number of nitrogens with one attached hydrogen (secondary N) is 1. The molecule has 164 valence electrons. The van der Waals surface area contributed by atoms with E-state index in [1.165, 1.54) is 4.90 Å². The molecule has 2 N–H and O–H groups in total. The lowest BCUT2D eigenvalue weighted by molar-refractivity contribution is -0.115. The lowest BCUT2D eigenvalue weighted by Crippen LogP contribution is -2.38. The first-order valence-corrected chi connectivity index (χ1v) is 11.7. The highest BCUT2D eigenvalue weighted by Crippen LogP contribution is 2.41. The molecular formula is C26H26N2O3S. The number of hydrogen-bond donors (Lipinski definition) is 2. The van der Waals surface area contributed by atoms with Crippen LogP contribution in [0.3, 0.4) is 0 Å². The van der Waals surface area contributed by atoms with Gasteiger partial charge in [-0.3, -0.25) is 9.59 Å². The molecule has 6 heteroatoms. The minimum Gasteiger partial charge on any atom is -0.508 e. The predicted molar refractivity (Wildman–Crippen MR) is 128 cm³/mol. The van der Waals surface area contributed by atoms with E-state index in [4.69, 9.17) is 0 Å². The van der Waals surface area contributed by atoms with Gasteiger partial charge in [-0.25, -0.2) is 4.98 Å². The average Bonchev–Trinajstić information content (AvgIpc) is 2.78. The summed E-state index contributed by atoms with van der Waals surface area (Å²) in [6, 6.07) is 18.4. The van der Waals surface area contributed by atoms with Crippen LogP contribution in [0.5, 0.6) is 5.75 Å². The number of aromatic nitrogens is 1. The van der Waals surface area contributed by atoms with Gasteiger partial charge in [-0.1, -0.05) is 37.3 Å². The van der Waals surface area contributed by atoms with Crippen molar-refractivity contribution in [1.82, 2.24) is 4.98 Å². The molecule has 0 saturated heterocycles. The summed E-state index contributed by atoms with van der Waals surface area (Å²) >= 11 is 1.77. The molecule has 0 saturated carbocycles. The number of para-hydroxylation sites is 1. The lowest BCUT2D eigenvalue weighted by Gasteiger charge is -2.33. The number of fused-ring (bicyclic) bond motifs is 1. The number of nitrogens with zero attached hydrogens (tertiary/aromatic N) is 1. The second kappa shape index (κ2) is 9.17. The second-order valence-corrected chi connectivity index (χ2v) is 9.51. The number of aromatic hydroxyl groups is 1. The summed E-state index contributed by atoms with van der Waals surface area (Å²) in [5.74, 6) is 1.39. The van der Waals surface area contributed by atoms with Crippen molar-refractivity contribution in [3.05, 3.63) is 83.0 Å². The van der Waals surface area contributed by atoms with E-state index in [1.54, 1.807) is 42.1 Å². The van der Waals surface area contributed by atoms with E-state index in [9.17, 15) is 14.7 Å². The molecule has 1 heterocycles. The van der Waals surface area contributed by atoms with E-state index >= 15 is 0 Å². The average molecular weight is 447 g/mol. The highest BCUT2D eigenvalue weighted by atomic mass is 32.2. The molecule has 4 rings (SSSR count). The Hall–Kier alpha value is -3.12. The molecule has 1 aromatic heterocycles. The summed E-state index contributed by atoms with van der Waals surface area (Å²) in [4.78, 5) is 31.5. The van der Waals surface area contributed by atoms with Crippen LogP contribution in [0, 0.1) is 0 Å². The van der Waals surface area contributed by atoms with Gasteiger partial charge in [0.15, 0.2) is 5.78 Å². The number of phenolic OH excluding ortho intramolecular Hbond substituents is 1. The number of amides is 1. The topological polar surface area (TPSA) is 79.3 Å². The van der Waals surface area contributed by atoms with E-state index in [0.717, 1.165) is 11.3 Å². The smallest absolute Gasteiger partial charge is 0.229 e. The molecule has 1 aliphatic rings. The van der Waals surface area contributed by atoms with Gasteiger partial charge in [0, 0.05) is 16.0 Å². The zero-order chi connectivity index (χ0) is 22.7. The SMILES string of the molecule is CCSc1ccc(CC(=O)Nc2ccc3c(n2)CCC(C)(c2ccccc2O)C3=O)cc1. The molecule has 1 amide bonds. The molecule has 0 radical (unpaired) electrons. The van der Waals surface area contributed by atoms with Gasteiger partial charge in [0.05, 0.1) is 17.5 Å². The van der Waals surface area contributed by atoms with Crippen LogP contribution >= 0.6 is 11.8 Å². The predicted octanol–water partition coefficient (Wildman–Crippen LogP) is 5.17. The highest BCUT2D eigenvalue weighted by molar-refractivity contribution is 7.99. The Morgan fingerprint density at radius 3 is 2.59 bits per heavy atom. The third-order valence-corrected chi connectivity index (χ3v) is 6.84. The number of carbonyl (C=O) groups is 2. The molecule has 32 heavy (non-hydrogen) atoms. The van der Waals surface area contributed by atoms with Crippen LogP contribution in [0.1, 0.15) is 47.4 Å². The Morgan fingerprint density at radius 1 is 1.12 bits per heavy atom. The zero-order valence-corrected chi connectivity index (χ0v) is 19.0. The Labute approximate surface area is 192 Å². The van der Waals surface area contributed by atoms with Gasteiger partial charge < -0.3 is 10.4 Å². The fraction of sp³-hybridized carbons (Fsp3) is 0.269. The Kier molecular flexibility index (Phi) is 6.33. The molecule has 2 aromatic carbocycles. The van der Waals surface area contributed by atoms with Gasteiger partial charge >= 0.3 is 0 Å². The first kappa shape index (κ1) is 22.1. The van der Waals surface area contributed by atoms with E-state index in [2.05, 4.69) is 17.2 Å². The third kappa shape index (κ3) is 4.41. The molecule has 5 nitrogen and oxygen atoms in total. The van der Waals surface area contributed by atoms with E-state index in [1.807, 2.05) is 37.3 Å². The largest absolute Gasteiger partial charge is 0.508 e. The minimum atomic E-state index is -0.799. The number of aryl methyl sites for hydroxylation is 1. The Balaban J connectivity index is 1.47. The molecule has 0 fully saturated rings. The van der Waals surface area contributed by atoms with Crippen LogP contribution in [0.2, 0.25) is 0 Å². The molecule has 0 aliphatic heterocycles. The van der Waals surface area contributed by atoms with Crippen molar-refractivity contribution in [2.24, 2.45) is 0 Å². The van der Waals surface area contributed by atoms with E-state index in [0.29, 0.717) is 35.5 Å². The molecule has 0 spiro atoms. The molecular weight excluding hydrogens is 420 g/mol. The van der Waals surface area contributed by atoms with Gasteiger partial charge in [0.1, 0.15) is 11.6 Å². The molecule has 3 aromatic rings. The first-order valence-electron chi connectivity index (χ1n) is 10.8. The maximum absolute atomic E-state index is 13.3. The van der Waals surface area contributed by atoms with Crippen molar-refractivity contribution in [2.45, 2.75) is 43.4 Å². The number of benzene rings is 2. The number of ketones is 1. The minimum absolute atomic E-state index is 0.0596. The fourth-order valence-corrected chi connectivity index (χ4v) is 4.85. The number of Topliss-reactive ketones (excluding diaryl/α,β-unsaturated/α-hetero) is 1. The van der Waals surface area contributed by atoms with Crippen LogP contribution in [0.15, 0.2) is 65.6 Å². The maximum Gasteiger partial charge on any atom is 0.229 e. The summed E-state index contributed by atoms with van der Waals surface area (Å²) in [7, 11) is 0. The van der Waals surface area contributed by atoms with Crippen molar-refractivity contribution < 1.29 is 14.7 Å². The monoisotopic (exact) mass is 446 g/mol. The van der Waals surface area contributed by atoms with E-state index < -0.39 is 5.41 Å². The zero-order valence-electron chi connectivity index (χ0n) is 18.2. The first-order chi connectivity index (χ1) is 15.4. The Bertz CT molecular complexity index is 1160. The van der Waals surface area contributed by atoms with E-state index in [-0.39, 0.29) is 23.9 Å². The number of carbonyl (C=O) groups excluding carboxylic acids is 2. The van der Waals surface area contributed by atoms with Gasteiger partial charge in [0.25, 0.3) is 0 Å².